The third-order valence-electron chi connectivity index (χ3n) is 3.62. The van der Waals surface area contributed by atoms with Crippen molar-refractivity contribution in [1.82, 2.24) is 9.78 Å². The Hall–Kier alpha value is -1.03. The lowest BCUT2D eigenvalue weighted by Gasteiger charge is -2.37. The van der Waals surface area contributed by atoms with Gasteiger partial charge in [-0.2, -0.15) is 5.10 Å². The van der Waals surface area contributed by atoms with Crippen LogP contribution in [0, 0.1) is 5.92 Å². The lowest BCUT2D eigenvalue weighted by Crippen LogP contribution is -2.40. The van der Waals surface area contributed by atoms with Crippen molar-refractivity contribution in [3.63, 3.8) is 0 Å². The number of nitrogens with zero attached hydrogens (tertiary/aromatic N) is 3. The summed E-state index contributed by atoms with van der Waals surface area (Å²) in [6.07, 6.45) is 6.53. The van der Waals surface area contributed by atoms with Gasteiger partial charge in [-0.3, -0.25) is 4.68 Å². The zero-order chi connectivity index (χ0) is 13.3. The molecule has 2 heterocycles. The van der Waals surface area contributed by atoms with E-state index in [0.717, 1.165) is 12.5 Å². The molecule has 2 unspecified atom stereocenters. The summed E-state index contributed by atoms with van der Waals surface area (Å²) in [4.78, 5) is 2.43. The zero-order valence-electron chi connectivity index (χ0n) is 11.9. The topological polar surface area (TPSA) is 41.3 Å². The van der Waals surface area contributed by atoms with E-state index in [1.807, 2.05) is 17.1 Å². The van der Waals surface area contributed by atoms with E-state index in [1.54, 1.807) is 13.8 Å². The van der Waals surface area contributed by atoms with Crippen molar-refractivity contribution < 1.29 is 5.11 Å². The summed E-state index contributed by atoms with van der Waals surface area (Å²) in [5, 5.41) is 14.2. The second kappa shape index (κ2) is 4.92. The Morgan fingerprint density at radius 1 is 1.39 bits per heavy atom. The van der Waals surface area contributed by atoms with Gasteiger partial charge in [-0.05, 0) is 39.5 Å². The molecule has 0 amide bonds. The molecular formula is C14H25N3O. The van der Waals surface area contributed by atoms with Crippen LogP contribution in [0.3, 0.4) is 0 Å². The van der Waals surface area contributed by atoms with Gasteiger partial charge in [0.15, 0.2) is 0 Å². The van der Waals surface area contributed by atoms with Gasteiger partial charge in [0.2, 0.25) is 0 Å². The molecule has 1 N–H and O–H groups in total. The molecule has 18 heavy (non-hydrogen) atoms. The molecule has 4 nitrogen and oxygen atoms in total. The van der Waals surface area contributed by atoms with Crippen molar-refractivity contribution in [1.29, 1.82) is 0 Å². The van der Waals surface area contributed by atoms with Crippen LogP contribution in [0.5, 0.6) is 0 Å². The van der Waals surface area contributed by atoms with Gasteiger partial charge in [-0.1, -0.05) is 6.92 Å². The van der Waals surface area contributed by atoms with Gasteiger partial charge in [0.1, 0.15) is 0 Å². The van der Waals surface area contributed by atoms with Gasteiger partial charge in [0.25, 0.3) is 0 Å². The average Bonchev–Trinajstić information content (AvgIpc) is 2.67. The lowest BCUT2D eigenvalue weighted by atomic mass is 9.95. The van der Waals surface area contributed by atoms with Crippen molar-refractivity contribution in [2.75, 3.05) is 11.4 Å². The largest absolute Gasteiger partial charge is 0.389 e. The Balaban J connectivity index is 2.09. The predicted molar refractivity (Wildman–Crippen MR) is 73.7 cm³/mol. The van der Waals surface area contributed by atoms with Crippen LogP contribution in [0.2, 0.25) is 0 Å². The Kier molecular flexibility index (Phi) is 3.66. The maximum atomic E-state index is 9.81. The van der Waals surface area contributed by atoms with Crippen LogP contribution in [-0.2, 0) is 6.54 Å². The van der Waals surface area contributed by atoms with E-state index in [2.05, 4.69) is 23.8 Å². The van der Waals surface area contributed by atoms with E-state index in [9.17, 15) is 5.11 Å². The molecule has 0 aliphatic carbocycles. The normalized spacial score (nSPS) is 25.5. The highest BCUT2D eigenvalue weighted by molar-refractivity contribution is 5.44. The molecule has 0 bridgehead atoms. The van der Waals surface area contributed by atoms with Crippen LogP contribution < -0.4 is 4.90 Å². The summed E-state index contributed by atoms with van der Waals surface area (Å²) in [6, 6.07) is 0.584. The number of hydrogen-bond acceptors (Lipinski definition) is 3. The van der Waals surface area contributed by atoms with E-state index in [-0.39, 0.29) is 0 Å². The third-order valence-corrected chi connectivity index (χ3v) is 3.62. The number of piperidine rings is 1. The maximum absolute atomic E-state index is 9.81. The summed E-state index contributed by atoms with van der Waals surface area (Å²) in [6.45, 7) is 9.83. The molecule has 0 aromatic carbocycles. The SMILES string of the molecule is CC1CCC(C)N(c2cnn(CC(C)(C)O)c2)C1. The van der Waals surface area contributed by atoms with E-state index in [0.29, 0.717) is 12.6 Å². The minimum Gasteiger partial charge on any atom is -0.389 e. The van der Waals surface area contributed by atoms with E-state index < -0.39 is 5.60 Å². The first-order valence-corrected chi connectivity index (χ1v) is 6.86. The Labute approximate surface area is 110 Å². The Morgan fingerprint density at radius 3 is 2.78 bits per heavy atom. The van der Waals surface area contributed by atoms with Gasteiger partial charge in [0, 0.05) is 18.8 Å². The lowest BCUT2D eigenvalue weighted by molar-refractivity contribution is 0.0577. The second-order valence-electron chi connectivity index (χ2n) is 6.39. The molecule has 0 saturated carbocycles. The van der Waals surface area contributed by atoms with Crippen LogP contribution >= 0.6 is 0 Å². The van der Waals surface area contributed by atoms with Crippen LogP contribution in [0.25, 0.3) is 0 Å². The van der Waals surface area contributed by atoms with Crippen molar-refractivity contribution in [3.05, 3.63) is 12.4 Å². The second-order valence-corrected chi connectivity index (χ2v) is 6.39. The summed E-state index contributed by atoms with van der Waals surface area (Å²) in [5.74, 6) is 0.749. The number of hydrogen-bond donors (Lipinski definition) is 1. The van der Waals surface area contributed by atoms with Crippen LogP contribution in [-0.4, -0.2) is 33.1 Å². The smallest absolute Gasteiger partial charge is 0.0786 e. The molecule has 1 aromatic rings. The monoisotopic (exact) mass is 251 g/mol. The quantitative estimate of drug-likeness (QED) is 0.896. The molecular weight excluding hydrogens is 226 g/mol. The van der Waals surface area contributed by atoms with Crippen molar-refractivity contribution in [2.24, 2.45) is 5.92 Å². The summed E-state index contributed by atoms with van der Waals surface area (Å²) < 4.78 is 1.83. The molecule has 1 aliphatic heterocycles. The first-order valence-electron chi connectivity index (χ1n) is 6.86. The third kappa shape index (κ3) is 3.25. The van der Waals surface area contributed by atoms with Gasteiger partial charge in [-0.25, -0.2) is 0 Å². The molecule has 0 radical (unpaired) electrons. The van der Waals surface area contributed by atoms with Crippen LogP contribution in [0.15, 0.2) is 12.4 Å². The van der Waals surface area contributed by atoms with Crippen LogP contribution in [0.1, 0.15) is 40.5 Å². The van der Waals surface area contributed by atoms with E-state index in [1.165, 1.54) is 18.5 Å². The van der Waals surface area contributed by atoms with Gasteiger partial charge >= 0.3 is 0 Å². The number of aliphatic hydroxyl groups is 1. The summed E-state index contributed by atoms with van der Waals surface area (Å²) >= 11 is 0. The fourth-order valence-corrected chi connectivity index (χ4v) is 2.63. The van der Waals surface area contributed by atoms with Crippen molar-refractivity contribution >= 4 is 5.69 Å². The molecule has 0 spiro atoms. The highest BCUT2D eigenvalue weighted by atomic mass is 16.3. The van der Waals surface area contributed by atoms with Gasteiger partial charge in [-0.15, -0.1) is 0 Å². The molecule has 2 rings (SSSR count). The van der Waals surface area contributed by atoms with E-state index in [4.69, 9.17) is 0 Å². The molecule has 1 aliphatic rings. The molecule has 1 aromatic heterocycles. The predicted octanol–water partition coefficient (Wildman–Crippen LogP) is 2.28. The Morgan fingerprint density at radius 2 is 2.11 bits per heavy atom. The average molecular weight is 251 g/mol. The molecule has 4 heteroatoms. The first-order chi connectivity index (χ1) is 8.35. The maximum Gasteiger partial charge on any atom is 0.0786 e. The van der Waals surface area contributed by atoms with Crippen molar-refractivity contribution in [3.8, 4) is 0 Å². The van der Waals surface area contributed by atoms with Crippen molar-refractivity contribution in [2.45, 2.75) is 58.7 Å². The van der Waals surface area contributed by atoms with Gasteiger partial charge < -0.3 is 10.0 Å². The molecule has 2 atom stereocenters. The van der Waals surface area contributed by atoms with Crippen LogP contribution in [0.4, 0.5) is 5.69 Å². The zero-order valence-corrected chi connectivity index (χ0v) is 11.9. The Bertz CT molecular complexity index is 394. The highest BCUT2D eigenvalue weighted by Gasteiger charge is 2.24. The van der Waals surface area contributed by atoms with E-state index >= 15 is 0 Å². The standard InChI is InChI=1S/C14H25N3O/c1-11-5-6-12(2)17(8-11)13-7-15-16(9-13)10-14(3,4)18/h7,9,11-12,18H,5-6,8,10H2,1-4H3. The number of rotatable bonds is 3. The highest BCUT2D eigenvalue weighted by Crippen LogP contribution is 2.27. The summed E-state index contributed by atoms with van der Waals surface area (Å²) in [7, 11) is 0. The number of aromatic nitrogens is 2. The fourth-order valence-electron chi connectivity index (χ4n) is 2.63. The summed E-state index contributed by atoms with van der Waals surface area (Å²) in [5.41, 5.74) is 0.461. The number of anilines is 1. The molecule has 1 saturated heterocycles. The van der Waals surface area contributed by atoms with Gasteiger partial charge in [0.05, 0.1) is 24.0 Å². The molecule has 1 fully saturated rings. The minimum atomic E-state index is -0.718. The molecule has 102 valence electrons. The fraction of sp³-hybridized carbons (Fsp3) is 0.786. The first kappa shape index (κ1) is 13.4. The minimum absolute atomic E-state index is 0.533.